The standard InChI is InChI=1S/C21H15ClF2N2O2S/c22-19-12-16(24)5-7-20(19)29(27,28)26-17-3-1-2-14(11-17)21-18-6-4-15(23)10-13(18)8-9-25-21/h1-7,10-12,26H,8-9H2. The number of hydrogen-bond donors (Lipinski definition) is 1. The molecule has 0 fully saturated rings. The SMILES string of the molecule is O=S(=O)(Nc1cccc(C2=NCCc3cc(F)ccc32)c1)c1ccc(F)cc1Cl. The zero-order chi connectivity index (χ0) is 20.6. The van der Waals surface area contributed by atoms with Gasteiger partial charge < -0.3 is 0 Å². The lowest BCUT2D eigenvalue weighted by atomic mass is 9.93. The van der Waals surface area contributed by atoms with E-state index in [0.29, 0.717) is 29.9 Å². The highest BCUT2D eigenvalue weighted by Gasteiger charge is 2.20. The van der Waals surface area contributed by atoms with Crippen molar-refractivity contribution in [1.29, 1.82) is 0 Å². The van der Waals surface area contributed by atoms with Gasteiger partial charge in [0.1, 0.15) is 16.5 Å². The largest absolute Gasteiger partial charge is 0.284 e. The van der Waals surface area contributed by atoms with E-state index in [1.165, 1.54) is 12.1 Å². The molecule has 0 aliphatic carbocycles. The Labute approximate surface area is 171 Å². The highest BCUT2D eigenvalue weighted by Crippen LogP contribution is 2.27. The Morgan fingerprint density at radius 2 is 1.72 bits per heavy atom. The third kappa shape index (κ3) is 4.02. The van der Waals surface area contributed by atoms with E-state index >= 15 is 0 Å². The Bertz CT molecular complexity index is 1240. The van der Waals surface area contributed by atoms with Crippen molar-refractivity contribution in [3.63, 3.8) is 0 Å². The van der Waals surface area contributed by atoms with Crippen LogP contribution in [0.2, 0.25) is 5.02 Å². The molecular formula is C21H15ClF2N2O2S. The summed E-state index contributed by atoms with van der Waals surface area (Å²) in [5, 5.41) is -0.207. The van der Waals surface area contributed by atoms with Crippen molar-refractivity contribution >= 4 is 33.0 Å². The van der Waals surface area contributed by atoms with Gasteiger partial charge in [-0.3, -0.25) is 9.71 Å². The number of halogens is 3. The normalized spacial score (nSPS) is 13.6. The van der Waals surface area contributed by atoms with Crippen LogP contribution in [0.4, 0.5) is 14.5 Å². The molecule has 0 spiro atoms. The van der Waals surface area contributed by atoms with Gasteiger partial charge in [0.15, 0.2) is 0 Å². The predicted molar refractivity (Wildman–Crippen MR) is 109 cm³/mol. The molecule has 0 saturated heterocycles. The van der Waals surface area contributed by atoms with Crippen molar-refractivity contribution in [2.24, 2.45) is 4.99 Å². The van der Waals surface area contributed by atoms with Gasteiger partial charge in [0.05, 0.1) is 10.7 Å². The molecule has 29 heavy (non-hydrogen) atoms. The molecule has 0 bridgehead atoms. The summed E-state index contributed by atoms with van der Waals surface area (Å²) in [5.74, 6) is -0.927. The van der Waals surface area contributed by atoms with Crippen molar-refractivity contribution < 1.29 is 17.2 Å². The summed E-state index contributed by atoms with van der Waals surface area (Å²) < 4.78 is 54.6. The van der Waals surface area contributed by atoms with E-state index in [0.717, 1.165) is 29.3 Å². The Morgan fingerprint density at radius 1 is 0.966 bits per heavy atom. The summed E-state index contributed by atoms with van der Waals surface area (Å²) in [6, 6.07) is 14.4. The predicted octanol–water partition coefficient (Wildman–Crippen LogP) is 4.81. The van der Waals surface area contributed by atoms with Crippen molar-refractivity contribution in [2.45, 2.75) is 11.3 Å². The molecule has 1 heterocycles. The third-order valence-electron chi connectivity index (χ3n) is 4.55. The first kappa shape index (κ1) is 19.5. The van der Waals surface area contributed by atoms with Gasteiger partial charge in [0, 0.05) is 23.4 Å². The van der Waals surface area contributed by atoms with Gasteiger partial charge in [-0.25, -0.2) is 17.2 Å². The Morgan fingerprint density at radius 3 is 2.52 bits per heavy atom. The summed E-state index contributed by atoms with van der Waals surface area (Å²) >= 11 is 5.89. The van der Waals surface area contributed by atoms with Crippen molar-refractivity contribution in [2.75, 3.05) is 11.3 Å². The summed E-state index contributed by atoms with van der Waals surface area (Å²) in [6.07, 6.45) is 0.645. The second-order valence-electron chi connectivity index (χ2n) is 6.54. The van der Waals surface area contributed by atoms with Crippen LogP contribution in [-0.2, 0) is 16.4 Å². The van der Waals surface area contributed by atoms with Gasteiger partial charge in [-0.2, -0.15) is 0 Å². The summed E-state index contributed by atoms with van der Waals surface area (Å²) in [6.45, 7) is 0.521. The minimum atomic E-state index is -4.01. The molecule has 1 aliphatic rings. The first-order valence-corrected chi connectivity index (χ1v) is 10.6. The van der Waals surface area contributed by atoms with Crippen LogP contribution in [0.1, 0.15) is 16.7 Å². The number of sulfonamides is 1. The zero-order valence-electron chi connectivity index (χ0n) is 15.0. The van der Waals surface area contributed by atoms with E-state index in [2.05, 4.69) is 9.71 Å². The number of anilines is 1. The molecule has 148 valence electrons. The van der Waals surface area contributed by atoms with Crippen LogP contribution in [0.25, 0.3) is 0 Å². The van der Waals surface area contributed by atoms with Gasteiger partial charge >= 0.3 is 0 Å². The summed E-state index contributed by atoms with van der Waals surface area (Å²) in [7, 11) is -4.01. The van der Waals surface area contributed by atoms with Crippen LogP contribution in [0.15, 0.2) is 70.6 Å². The van der Waals surface area contributed by atoms with Crippen LogP contribution >= 0.6 is 11.6 Å². The monoisotopic (exact) mass is 432 g/mol. The maximum atomic E-state index is 13.5. The highest BCUT2D eigenvalue weighted by molar-refractivity contribution is 7.92. The highest BCUT2D eigenvalue weighted by atomic mass is 35.5. The lowest BCUT2D eigenvalue weighted by Gasteiger charge is -2.18. The van der Waals surface area contributed by atoms with Gasteiger partial charge in [-0.05, 0) is 60.5 Å². The minimum absolute atomic E-state index is 0.207. The number of rotatable bonds is 4. The smallest absolute Gasteiger partial charge is 0.263 e. The topological polar surface area (TPSA) is 58.5 Å². The van der Waals surface area contributed by atoms with Gasteiger partial charge in [-0.1, -0.05) is 23.7 Å². The molecule has 0 atom stereocenters. The number of nitrogens with zero attached hydrogens (tertiary/aromatic N) is 1. The Balaban J connectivity index is 1.68. The van der Waals surface area contributed by atoms with Gasteiger partial charge in [0.25, 0.3) is 10.0 Å². The second kappa shape index (κ2) is 7.57. The zero-order valence-corrected chi connectivity index (χ0v) is 16.6. The molecule has 0 unspecified atom stereocenters. The van der Waals surface area contributed by atoms with E-state index in [4.69, 9.17) is 11.6 Å². The van der Waals surface area contributed by atoms with Crippen LogP contribution in [-0.4, -0.2) is 20.7 Å². The molecule has 8 heteroatoms. The van der Waals surface area contributed by atoms with E-state index in [1.807, 2.05) is 0 Å². The number of aliphatic imine (C=N–C) groups is 1. The molecule has 4 nitrogen and oxygen atoms in total. The Kier molecular flexibility index (Phi) is 5.10. The molecule has 1 aliphatic heterocycles. The van der Waals surface area contributed by atoms with E-state index in [1.54, 1.807) is 30.3 Å². The lowest BCUT2D eigenvalue weighted by molar-refractivity contribution is 0.599. The fourth-order valence-electron chi connectivity index (χ4n) is 3.25. The van der Waals surface area contributed by atoms with Gasteiger partial charge in [0.2, 0.25) is 0 Å². The maximum Gasteiger partial charge on any atom is 0.263 e. The maximum absolute atomic E-state index is 13.5. The minimum Gasteiger partial charge on any atom is -0.284 e. The van der Waals surface area contributed by atoms with Crippen LogP contribution in [0, 0.1) is 11.6 Å². The lowest BCUT2D eigenvalue weighted by Crippen LogP contribution is -2.16. The van der Waals surface area contributed by atoms with Gasteiger partial charge in [-0.15, -0.1) is 0 Å². The number of hydrogen-bond acceptors (Lipinski definition) is 3. The van der Waals surface area contributed by atoms with Crippen molar-refractivity contribution in [3.05, 3.63) is 94.0 Å². The quantitative estimate of drug-likeness (QED) is 0.643. The molecule has 3 aromatic rings. The second-order valence-corrected chi connectivity index (χ2v) is 8.60. The van der Waals surface area contributed by atoms with E-state index in [-0.39, 0.29) is 15.7 Å². The fourth-order valence-corrected chi connectivity index (χ4v) is 4.84. The number of benzene rings is 3. The molecule has 1 N–H and O–H groups in total. The van der Waals surface area contributed by atoms with Crippen LogP contribution < -0.4 is 4.72 Å². The van der Waals surface area contributed by atoms with E-state index < -0.39 is 15.8 Å². The number of fused-ring (bicyclic) bond motifs is 1. The van der Waals surface area contributed by atoms with E-state index in [9.17, 15) is 17.2 Å². The molecule has 0 amide bonds. The van der Waals surface area contributed by atoms with Crippen molar-refractivity contribution in [3.8, 4) is 0 Å². The third-order valence-corrected chi connectivity index (χ3v) is 6.41. The van der Waals surface area contributed by atoms with Crippen LogP contribution in [0.3, 0.4) is 0 Å². The first-order valence-electron chi connectivity index (χ1n) is 8.75. The first-order chi connectivity index (χ1) is 13.8. The molecular weight excluding hydrogens is 418 g/mol. The summed E-state index contributed by atoms with van der Waals surface area (Å²) in [4.78, 5) is 4.32. The molecule has 4 rings (SSSR count). The molecule has 0 aromatic heterocycles. The average Bonchev–Trinajstić information content (AvgIpc) is 2.66. The molecule has 3 aromatic carbocycles. The molecule has 0 saturated carbocycles. The number of nitrogens with one attached hydrogen (secondary N) is 1. The van der Waals surface area contributed by atoms with Crippen LogP contribution in [0.5, 0.6) is 0 Å². The fraction of sp³-hybridized carbons (Fsp3) is 0.0952. The Hall–Kier alpha value is -2.77. The average molecular weight is 433 g/mol. The summed E-state index contributed by atoms with van der Waals surface area (Å²) in [5.41, 5.74) is 3.35. The van der Waals surface area contributed by atoms with Crippen molar-refractivity contribution in [1.82, 2.24) is 0 Å². The molecule has 0 radical (unpaired) electrons.